The highest BCUT2D eigenvalue weighted by atomic mass is 35.5. The molecule has 4 rings (SSSR count). The molecule has 3 aromatic rings. The largest absolute Gasteiger partial charge is 0.490 e. The van der Waals surface area contributed by atoms with Crippen LogP contribution < -0.4 is 20.3 Å². The summed E-state index contributed by atoms with van der Waals surface area (Å²) in [7, 11) is 0. The minimum atomic E-state index is -0.539. The number of hydroxylamine groups is 1. The summed E-state index contributed by atoms with van der Waals surface area (Å²) >= 11 is 5.95. The number of aromatic nitrogens is 1. The van der Waals surface area contributed by atoms with Crippen molar-refractivity contribution in [2.75, 3.05) is 25.1 Å². The molecule has 1 fully saturated rings. The minimum Gasteiger partial charge on any atom is -0.490 e. The molecule has 0 aliphatic carbocycles. The molecule has 2 aromatic carbocycles. The van der Waals surface area contributed by atoms with Gasteiger partial charge in [-0.3, -0.25) is 15.0 Å². The van der Waals surface area contributed by atoms with Crippen LogP contribution in [0.1, 0.15) is 44.1 Å². The van der Waals surface area contributed by atoms with E-state index in [4.69, 9.17) is 31.0 Å². The predicted molar refractivity (Wildman–Crippen MR) is 140 cm³/mol. The van der Waals surface area contributed by atoms with Crippen LogP contribution in [-0.2, 0) is 9.53 Å². The molecular weight excluding hydrogens is 515 g/mol. The third kappa shape index (κ3) is 7.01. The fourth-order valence-corrected chi connectivity index (χ4v) is 4.29. The van der Waals surface area contributed by atoms with Crippen LogP contribution in [0.15, 0.2) is 36.5 Å². The summed E-state index contributed by atoms with van der Waals surface area (Å²) in [6.07, 6.45) is 5.48. The van der Waals surface area contributed by atoms with Crippen molar-refractivity contribution < 1.29 is 28.6 Å². The number of rotatable bonds is 12. The van der Waals surface area contributed by atoms with Crippen LogP contribution >= 0.6 is 11.6 Å². The Balaban J connectivity index is 1.58. The first-order valence-electron chi connectivity index (χ1n) is 12.4. The van der Waals surface area contributed by atoms with Gasteiger partial charge in [0.25, 0.3) is 0 Å². The Hall–Kier alpha value is -3.65. The number of carbonyl (C=O) groups is 1. The average Bonchev–Trinajstić information content (AvgIpc) is 3.43. The summed E-state index contributed by atoms with van der Waals surface area (Å²) in [5, 5.41) is 22.1. The molecule has 0 saturated carbocycles. The lowest BCUT2D eigenvalue weighted by atomic mass is 10.1. The highest BCUT2D eigenvalue weighted by molar-refractivity contribution is 6.31. The number of anilines is 2. The van der Waals surface area contributed by atoms with Gasteiger partial charge in [0.1, 0.15) is 18.0 Å². The topological polar surface area (TPSA) is 126 Å². The van der Waals surface area contributed by atoms with Crippen molar-refractivity contribution in [2.24, 2.45) is 0 Å². The SMILES string of the molecule is N#Cc1cnc2cc(OC3CCOC3)c(OCCCCCCC(=O)NO)cc2c1Nc1ccc(F)c(Cl)c1. The van der Waals surface area contributed by atoms with E-state index < -0.39 is 11.7 Å². The van der Waals surface area contributed by atoms with E-state index in [-0.39, 0.29) is 17.5 Å². The van der Waals surface area contributed by atoms with Crippen molar-refractivity contribution in [3.63, 3.8) is 0 Å². The lowest BCUT2D eigenvalue weighted by Gasteiger charge is -2.19. The number of unbranched alkanes of at least 4 members (excludes halogenated alkanes) is 3. The van der Waals surface area contributed by atoms with Crippen LogP contribution in [0, 0.1) is 17.1 Å². The van der Waals surface area contributed by atoms with Crippen LogP contribution in [-0.4, -0.2) is 42.0 Å². The summed E-state index contributed by atoms with van der Waals surface area (Å²) in [6, 6.07) is 9.94. The Morgan fingerprint density at radius 2 is 2.08 bits per heavy atom. The monoisotopic (exact) mass is 542 g/mol. The molecule has 0 radical (unpaired) electrons. The number of fused-ring (bicyclic) bond motifs is 1. The summed E-state index contributed by atoms with van der Waals surface area (Å²) in [5.41, 5.74) is 3.52. The Morgan fingerprint density at radius 3 is 2.82 bits per heavy atom. The number of hydrogen-bond donors (Lipinski definition) is 3. The molecule has 0 spiro atoms. The molecule has 1 aliphatic heterocycles. The Morgan fingerprint density at radius 1 is 1.24 bits per heavy atom. The quantitative estimate of drug-likeness (QED) is 0.152. The molecule has 1 aromatic heterocycles. The van der Waals surface area contributed by atoms with Gasteiger partial charge in [-0.25, -0.2) is 9.87 Å². The molecule has 38 heavy (non-hydrogen) atoms. The van der Waals surface area contributed by atoms with Crippen LogP contribution in [0.5, 0.6) is 11.5 Å². The average molecular weight is 543 g/mol. The summed E-state index contributed by atoms with van der Waals surface area (Å²) in [6.45, 7) is 1.52. The summed E-state index contributed by atoms with van der Waals surface area (Å²) < 4.78 is 31.4. The second-order valence-corrected chi connectivity index (χ2v) is 9.29. The van der Waals surface area contributed by atoms with Crippen molar-refractivity contribution in [1.29, 1.82) is 5.26 Å². The zero-order valence-electron chi connectivity index (χ0n) is 20.6. The van der Waals surface area contributed by atoms with Crippen molar-refractivity contribution >= 4 is 39.8 Å². The Kier molecular flexibility index (Phi) is 9.54. The van der Waals surface area contributed by atoms with E-state index in [1.165, 1.54) is 24.4 Å². The highest BCUT2D eigenvalue weighted by Crippen LogP contribution is 2.38. The third-order valence-corrected chi connectivity index (χ3v) is 6.39. The Labute approximate surface area is 224 Å². The van der Waals surface area contributed by atoms with E-state index >= 15 is 0 Å². The third-order valence-electron chi connectivity index (χ3n) is 6.10. The molecule has 1 unspecified atom stereocenters. The van der Waals surface area contributed by atoms with Crippen molar-refractivity contribution in [1.82, 2.24) is 10.5 Å². The molecule has 3 N–H and O–H groups in total. The number of halogens is 2. The smallest absolute Gasteiger partial charge is 0.243 e. The van der Waals surface area contributed by atoms with Gasteiger partial charge in [-0.15, -0.1) is 0 Å². The standard InChI is InChI=1S/C27H28ClFN4O5/c28-21-11-18(6-7-22(21)29)32-27-17(14-30)15-31-23-13-25(38-19-8-10-36-16-19)24(12-20(23)27)37-9-4-2-1-3-5-26(34)33-35/h6-7,11-13,15,19,35H,1-5,8-10,16H2,(H,31,32)(H,33,34). The number of nitrogens with one attached hydrogen (secondary N) is 2. The maximum Gasteiger partial charge on any atom is 0.243 e. The van der Waals surface area contributed by atoms with E-state index in [1.807, 2.05) is 0 Å². The second kappa shape index (κ2) is 13.2. The normalized spacial score (nSPS) is 14.7. The van der Waals surface area contributed by atoms with Gasteiger partial charge in [-0.05, 0) is 37.1 Å². The first kappa shape index (κ1) is 27.4. The number of ether oxygens (including phenoxy) is 3. The van der Waals surface area contributed by atoms with E-state index in [1.54, 1.807) is 17.6 Å². The van der Waals surface area contributed by atoms with Gasteiger partial charge in [-0.2, -0.15) is 5.26 Å². The van der Waals surface area contributed by atoms with Gasteiger partial charge >= 0.3 is 0 Å². The molecule has 0 bridgehead atoms. The summed E-state index contributed by atoms with van der Waals surface area (Å²) in [5.74, 6) is 0.0943. The lowest BCUT2D eigenvalue weighted by molar-refractivity contribution is -0.129. The first-order chi connectivity index (χ1) is 18.5. The molecule has 9 nitrogen and oxygen atoms in total. The zero-order valence-corrected chi connectivity index (χ0v) is 21.4. The number of carbonyl (C=O) groups excluding carboxylic acids is 1. The van der Waals surface area contributed by atoms with Crippen LogP contribution in [0.2, 0.25) is 5.02 Å². The number of nitriles is 1. The number of nitrogens with zero attached hydrogens (tertiary/aromatic N) is 2. The fraction of sp³-hybridized carbons (Fsp3) is 0.370. The Bertz CT molecular complexity index is 1330. The van der Waals surface area contributed by atoms with Crippen molar-refractivity contribution in [3.8, 4) is 17.6 Å². The molecule has 1 amide bonds. The number of amides is 1. The first-order valence-corrected chi connectivity index (χ1v) is 12.8. The zero-order chi connectivity index (χ0) is 26.9. The van der Waals surface area contributed by atoms with Crippen LogP contribution in [0.4, 0.5) is 15.8 Å². The van der Waals surface area contributed by atoms with E-state index in [9.17, 15) is 14.4 Å². The van der Waals surface area contributed by atoms with Gasteiger partial charge in [0.05, 0.1) is 41.6 Å². The second-order valence-electron chi connectivity index (χ2n) is 8.88. The molecule has 2 heterocycles. The molecule has 11 heteroatoms. The van der Waals surface area contributed by atoms with Crippen molar-refractivity contribution in [3.05, 3.63) is 52.9 Å². The van der Waals surface area contributed by atoms with E-state index in [0.717, 1.165) is 25.7 Å². The maximum atomic E-state index is 13.7. The predicted octanol–water partition coefficient (Wildman–Crippen LogP) is 5.64. The molecular formula is C27H28ClFN4O5. The van der Waals surface area contributed by atoms with Crippen LogP contribution in [0.3, 0.4) is 0 Å². The maximum absolute atomic E-state index is 13.7. The summed E-state index contributed by atoms with van der Waals surface area (Å²) in [4.78, 5) is 15.6. The molecule has 1 atom stereocenters. The highest BCUT2D eigenvalue weighted by Gasteiger charge is 2.21. The number of hydrogen-bond acceptors (Lipinski definition) is 8. The lowest BCUT2D eigenvalue weighted by Crippen LogP contribution is -2.17. The van der Waals surface area contributed by atoms with E-state index in [2.05, 4.69) is 16.4 Å². The van der Waals surface area contributed by atoms with Gasteiger partial charge in [0.15, 0.2) is 11.5 Å². The van der Waals surface area contributed by atoms with E-state index in [0.29, 0.717) is 65.6 Å². The minimum absolute atomic E-state index is 0.0395. The van der Waals surface area contributed by atoms with Gasteiger partial charge in [-0.1, -0.05) is 24.4 Å². The van der Waals surface area contributed by atoms with Gasteiger partial charge in [0.2, 0.25) is 5.91 Å². The number of pyridine rings is 1. The van der Waals surface area contributed by atoms with Gasteiger partial charge < -0.3 is 19.5 Å². The van der Waals surface area contributed by atoms with Gasteiger partial charge in [0, 0.05) is 36.2 Å². The fourth-order valence-electron chi connectivity index (χ4n) is 4.11. The molecule has 200 valence electrons. The molecule has 1 saturated heterocycles. The number of benzene rings is 2. The molecule has 1 aliphatic rings. The van der Waals surface area contributed by atoms with Crippen molar-refractivity contribution in [2.45, 2.75) is 44.6 Å². The van der Waals surface area contributed by atoms with Crippen LogP contribution in [0.25, 0.3) is 10.9 Å².